The predicted molar refractivity (Wildman–Crippen MR) is 77.9 cm³/mol. The quantitative estimate of drug-likeness (QED) is 0.823. The number of rotatable bonds is 5. The van der Waals surface area contributed by atoms with E-state index in [-0.39, 0.29) is 16.4 Å². The van der Waals surface area contributed by atoms with Crippen LogP contribution in [0.1, 0.15) is 25.3 Å². The molecule has 0 amide bonds. The highest BCUT2D eigenvalue weighted by molar-refractivity contribution is 7.89. The Morgan fingerprint density at radius 2 is 1.78 bits per heavy atom. The molecule has 1 aliphatic rings. The minimum Gasteiger partial charge on any atom is -0.207 e. The van der Waals surface area contributed by atoms with Gasteiger partial charge in [-0.05, 0) is 43.4 Å². The Hall–Kier alpha value is -1.59. The van der Waals surface area contributed by atoms with Crippen molar-refractivity contribution < 1.29 is 21.6 Å². The molecule has 1 fully saturated rings. The second-order valence-electron chi connectivity index (χ2n) is 5.94. The first kappa shape index (κ1) is 17.8. The third-order valence-electron chi connectivity index (χ3n) is 4.24. The minimum atomic E-state index is -4.34. The van der Waals surface area contributed by atoms with E-state index in [9.17, 15) is 26.9 Å². The van der Waals surface area contributed by atoms with Gasteiger partial charge in [-0.15, -0.1) is 0 Å². The summed E-state index contributed by atoms with van der Waals surface area (Å²) in [4.78, 5) is -0.118. The smallest absolute Gasteiger partial charge is 0.207 e. The third-order valence-corrected chi connectivity index (χ3v) is 6.21. The first-order valence-electron chi connectivity index (χ1n) is 7.07. The van der Waals surface area contributed by atoms with Gasteiger partial charge in [0.2, 0.25) is 10.0 Å². The topological polar surface area (TPSA) is 61.2 Å². The Morgan fingerprint density at radius 3 is 2.17 bits per heavy atom. The van der Waals surface area contributed by atoms with Gasteiger partial charge in [-0.3, -0.25) is 0 Å². The van der Waals surface area contributed by atoms with Gasteiger partial charge in [-0.25, -0.2) is 8.42 Å². The van der Waals surface area contributed by atoms with E-state index in [0.717, 1.165) is 41.4 Å². The molecule has 8 heteroatoms. The van der Waals surface area contributed by atoms with Crippen LogP contribution < -0.4 is 0 Å². The second kappa shape index (κ2) is 5.80. The van der Waals surface area contributed by atoms with Crippen molar-refractivity contribution in [2.75, 3.05) is 7.05 Å². The molecule has 1 saturated carbocycles. The van der Waals surface area contributed by atoms with Crippen molar-refractivity contribution in [2.45, 2.75) is 42.8 Å². The van der Waals surface area contributed by atoms with Crippen molar-refractivity contribution in [1.82, 2.24) is 4.31 Å². The van der Waals surface area contributed by atoms with Crippen LogP contribution in [0.25, 0.3) is 0 Å². The van der Waals surface area contributed by atoms with E-state index < -0.39 is 28.2 Å². The van der Waals surface area contributed by atoms with Crippen LogP contribution in [0.15, 0.2) is 29.2 Å². The van der Waals surface area contributed by atoms with Crippen molar-refractivity contribution in [1.29, 1.82) is 5.26 Å². The van der Waals surface area contributed by atoms with Gasteiger partial charge in [0.15, 0.2) is 0 Å². The standard InChI is InChI=1S/C15H17F3N2O2S/c1-14(10-19,12-5-6-12)20(2)23(21,22)13-7-3-11(4-8-13)9-15(16,17)18/h3-4,7-8,12H,5-6,9H2,1-2H3/t14-/m0/s1. The molecule has 0 saturated heterocycles. The monoisotopic (exact) mass is 346 g/mol. The number of nitriles is 1. The molecule has 0 unspecified atom stereocenters. The van der Waals surface area contributed by atoms with Gasteiger partial charge < -0.3 is 0 Å². The average Bonchev–Trinajstić information content (AvgIpc) is 3.29. The van der Waals surface area contributed by atoms with Gasteiger partial charge in [0, 0.05) is 7.05 Å². The zero-order chi connectivity index (χ0) is 17.5. The molecular formula is C15H17F3N2O2S. The Balaban J connectivity index is 2.28. The van der Waals surface area contributed by atoms with Gasteiger partial charge in [-0.2, -0.15) is 22.7 Å². The zero-order valence-corrected chi connectivity index (χ0v) is 13.6. The molecule has 1 aliphatic carbocycles. The number of halogens is 3. The maximum absolute atomic E-state index is 12.6. The Labute approximate surface area is 133 Å². The first-order chi connectivity index (χ1) is 10.5. The molecule has 23 heavy (non-hydrogen) atoms. The van der Waals surface area contributed by atoms with Gasteiger partial charge in [0.1, 0.15) is 5.54 Å². The lowest BCUT2D eigenvalue weighted by Crippen LogP contribution is -2.47. The number of nitrogens with zero attached hydrogens (tertiary/aromatic N) is 2. The van der Waals surface area contributed by atoms with E-state index in [1.165, 1.54) is 7.05 Å². The predicted octanol–water partition coefficient (Wildman–Crippen LogP) is 3.10. The summed E-state index contributed by atoms with van der Waals surface area (Å²) < 4.78 is 63.3. The fraction of sp³-hybridized carbons (Fsp3) is 0.533. The van der Waals surface area contributed by atoms with Crippen LogP contribution in [0.4, 0.5) is 13.2 Å². The summed E-state index contributed by atoms with van der Waals surface area (Å²) in [6.07, 6.45) is -3.88. The maximum Gasteiger partial charge on any atom is 0.393 e. The van der Waals surface area contributed by atoms with Crippen molar-refractivity contribution >= 4 is 10.0 Å². The Bertz CT molecular complexity index is 719. The molecule has 2 rings (SSSR count). The molecule has 1 aromatic rings. The normalized spacial score (nSPS) is 18.5. The van der Waals surface area contributed by atoms with Crippen LogP contribution in [-0.4, -0.2) is 31.5 Å². The number of sulfonamides is 1. The largest absolute Gasteiger partial charge is 0.393 e. The van der Waals surface area contributed by atoms with Crippen LogP contribution in [0.3, 0.4) is 0 Å². The highest BCUT2D eigenvalue weighted by atomic mass is 32.2. The molecule has 0 aromatic heterocycles. The van der Waals surface area contributed by atoms with Crippen molar-refractivity contribution in [2.24, 2.45) is 5.92 Å². The molecule has 0 aliphatic heterocycles. The number of benzene rings is 1. The third kappa shape index (κ3) is 3.67. The summed E-state index contributed by atoms with van der Waals surface area (Å²) in [6, 6.07) is 6.65. The summed E-state index contributed by atoms with van der Waals surface area (Å²) in [6.45, 7) is 1.57. The number of hydrogen-bond acceptors (Lipinski definition) is 3. The van der Waals surface area contributed by atoms with Crippen LogP contribution in [0.2, 0.25) is 0 Å². The summed E-state index contributed by atoms with van der Waals surface area (Å²) in [5.41, 5.74) is -1.16. The minimum absolute atomic E-state index is 0.00987. The van der Waals surface area contributed by atoms with Gasteiger partial charge in [0.05, 0.1) is 17.4 Å². The maximum atomic E-state index is 12.6. The van der Waals surface area contributed by atoms with Crippen LogP contribution in [0, 0.1) is 17.2 Å². The summed E-state index contributed by atoms with van der Waals surface area (Å²) >= 11 is 0. The molecule has 126 valence electrons. The van der Waals surface area contributed by atoms with Crippen LogP contribution >= 0.6 is 0 Å². The molecular weight excluding hydrogens is 329 g/mol. The number of alkyl halides is 3. The SMILES string of the molecule is CN([C@@](C)(C#N)C1CC1)S(=O)(=O)c1ccc(CC(F)(F)F)cc1. The van der Waals surface area contributed by atoms with E-state index in [1.807, 2.05) is 0 Å². The Kier molecular flexibility index (Phi) is 4.48. The van der Waals surface area contributed by atoms with Crippen molar-refractivity contribution in [3.63, 3.8) is 0 Å². The molecule has 0 heterocycles. The van der Waals surface area contributed by atoms with Gasteiger partial charge in [0.25, 0.3) is 0 Å². The summed E-state index contributed by atoms with van der Waals surface area (Å²) in [5, 5.41) is 9.37. The number of hydrogen-bond donors (Lipinski definition) is 0. The fourth-order valence-corrected chi connectivity index (χ4v) is 3.97. The lowest BCUT2D eigenvalue weighted by atomic mass is 9.99. The molecule has 0 N–H and O–H groups in total. The first-order valence-corrected chi connectivity index (χ1v) is 8.51. The van der Waals surface area contributed by atoms with Crippen LogP contribution in [-0.2, 0) is 16.4 Å². The molecule has 0 bridgehead atoms. The highest BCUT2D eigenvalue weighted by Gasteiger charge is 2.49. The zero-order valence-electron chi connectivity index (χ0n) is 12.8. The van der Waals surface area contributed by atoms with Gasteiger partial charge >= 0.3 is 6.18 Å². The lowest BCUT2D eigenvalue weighted by Gasteiger charge is -2.32. The fourth-order valence-electron chi connectivity index (χ4n) is 2.48. The summed E-state index contributed by atoms with van der Waals surface area (Å²) in [7, 11) is -2.61. The highest BCUT2D eigenvalue weighted by Crippen LogP contribution is 2.43. The lowest BCUT2D eigenvalue weighted by molar-refractivity contribution is -0.127. The average molecular weight is 346 g/mol. The van der Waals surface area contributed by atoms with E-state index in [2.05, 4.69) is 6.07 Å². The van der Waals surface area contributed by atoms with Crippen molar-refractivity contribution in [3.8, 4) is 6.07 Å². The second-order valence-corrected chi connectivity index (χ2v) is 7.91. The summed E-state index contributed by atoms with van der Waals surface area (Å²) in [5.74, 6) is -0.0169. The Morgan fingerprint density at radius 1 is 1.26 bits per heavy atom. The molecule has 1 atom stereocenters. The molecule has 4 nitrogen and oxygen atoms in total. The van der Waals surface area contributed by atoms with E-state index in [0.29, 0.717) is 0 Å². The van der Waals surface area contributed by atoms with Crippen molar-refractivity contribution in [3.05, 3.63) is 29.8 Å². The molecule has 1 aromatic carbocycles. The van der Waals surface area contributed by atoms with E-state index >= 15 is 0 Å². The van der Waals surface area contributed by atoms with Crippen LogP contribution in [0.5, 0.6) is 0 Å². The van der Waals surface area contributed by atoms with Gasteiger partial charge in [-0.1, -0.05) is 12.1 Å². The van der Waals surface area contributed by atoms with E-state index in [4.69, 9.17) is 0 Å². The molecule has 0 spiro atoms. The van der Waals surface area contributed by atoms with E-state index in [1.54, 1.807) is 6.92 Å². The molecule has 0 radical (unpaired) electrons.